The summed E-state index contributed by atoms with van der Waals surface area (Å²) in [6, 6.07) is 9.92. The summed E-state index contributed by atoms with van der Waals surface area (Å²) in [6.07, 6.45) is 5.38. The third-order valence-corrected chi connectivity index (χ3v) is 3.31. The fourth-order valence-corrected chi connectivity index (χ4v) is 2.36. The van der Waals surface area contributed by atoms with Gasteiger partial charge in [-0.1, -0.05) is 18.2 Å². The first-order valence-corrected chi connectivity index (χ1v) is 6.07. The highest BCUT2D eigenvalue weighted by Crippen LogP contribution is 2.27. The summed E-state index contributed by atoms with van der Waals surface area (Å²) in [5, 5.41) is 1.09. The Balaban J connectivity index is 2.20. The Labute approximate surface area is 111 Å². The van der Waals surface area contributed by atoms with Crippen molar-refractivity contribution >= 4 is 10.9 Å². The van der Waals surface area contributed by atoms with E-state index < -0.39 is 0 Å². The number of rotatable bonds is 3. The van der Waals surface area contributed by atoms with Crippen LogP contribution in [-0.4, -0.2) is 14.5 Å². The molecule has 5 heteroatoms. The number of nitrogens with one attached hydrogen (secondary N) is 1. The predicted molar refractivity (Wildman–Crippen MR) is 74.1 cm³/mol. The van der Waals surface area contributed by atoms with Crippen LogP contribution in [0, 0.1) is 0 Å². The zero-order valence-corrected chi connectivity index (χ0v) is 10.6. The van der Waals surface area contributed by atoms with E-state index in [2.05, 4.69) is 27.5 Å². The summed E-state index contributed by atoms with van der Waals surface area (Å²) in [6.45, 7) is 0. The van der Waals surface area contributed by atoms with Crippen LogP contribution in [0.2, 0.25) is 0 Å². The lowest BCUT2D eigenvalue weighted by Gasteiger charge is -2.18. The molecule has 2 heterocycles. The Hall–Kier alpha value is -2.24. The van der Waals surface area contributed by atoms with E-state index in [1.54, 1.807) is 12.5 Å². The molecule has 1 aromatic carbocycles. The highest BCUT2D eigenvalue weighted by Gasteiger charge is 2.17. The Morgan fingerprint density at radius 1 is 1.26 bits per heavy atom. The first-order valence-electron chi connectivity index (χ1n) is 6.07. The number of nitrogens with zero attached hydrogens (tertiary/aromatic N) is 3. The molecule has 3 N–H and O–H groups in total. The summed E-state index contributed by atoms with van der Waals surface area (Å²) in [5.41, 5.74) is 5.93. The lowest BCUT2D eigenvalue weighted by atomic mass is 9.99. The molecule has 0 amide bonds. The summed E-state index contributed by atoms with van der Waals surface area (Å²) in [5.74, 6) is 5.74. The van der Waals surface area contributed by atoms with Crippen molar-refractivity contribution in [3.05, 3.63) is 60.3 Å². The molecule has 1 unspecified atom stereocenters. The minimum Gasteiger partial charge on any atom is -0.336 e. The summed E-state index contributed by atoms with van der Waals surface area (Å²) in [7, 11) is 1.95. The maximum absolute atomic E-state index is 5.74. The molecule has 0 aliphatic rings. The predicted octanol–water partition coefficient (Wildman–Crippen LogP) is 1.52. The number of aryl methyl sites for hydroxylation is 1. The van der Waals surface area contributed by atoms with Crippen molar-refractivity contribution < 1.29 is 0 Å². The minimum absolute atomic E-state index is 0.111. The van der Waals surface area contributed by atoms with Gasteiger partial charge in [-0.3, -0.25) is 10.8 Å². The second-order valence-electron chi connectivity index (χ2n) is 4.45. The van der Waals surface area contributed by atoms with Crippen LogP contribution < -0.4 is 11.3 Å². The van der Waals surface area contributed by atoms with Crippen LogP contribution in [0.4, 0.5) is 0 Å². The molecule has 0 radical (unpaired) electrons. The highest BCUT2D eigenvalue weighted by atomic mass is 15.2. The molecule has 3 aromatic rings. The van der Waals surface area contributed by atoms with Gasteiger partial charge in [0.25, 0.3) is 0 Å². The lowest BCUT2D eigenvalue weighted by Crippen LogP contribution is -2.30. The quantitative estimate of drug-likeness (QED) is 0.548. The molecule has 5 nitrogen and oxygen atoms in total. The number of hydrazine groups is 1. The molecule has 19 heavy (non-hydrogen) atoms. The maximum atomic E-state index is 5.74. The van der Waals surface area contributed by atoms with E-state index in [1.807, 2.05) is 36.0 Å². The van der Waals surface area contributed by atoms with Gasteiger partial charge in [-0.2, -0.15) is 0 Å². The van der Waals surface area contributed by atoms with Gasteiger partial charge in [0.05, 0.1) is 29.8 Å². The van der Waals surface area contributed by atoms with Crippen molar-refractivity contribution in [1.29, 1.82) is 0 Å². The molecule has 0 saturated carbocycles. The highest BCUT2D eigenvalue weighted by molar-refractivity contribution is 5.82. The van der Waals surface area contributed by atoms with Crippen LogP contribution in [0.3, 0.4) is 0 Å². The Morgan fingerprint density at radius 3 is 2.89 bits per heavy atom. The first kappa shape index (κ1) is 11.8. The summed E-state index contributed by atoms with van der Waals surface area (Å²) >= 11 is 0. The van der Waals surface area contributed by atoms with Crippen molar-refractivity contribution in [3.8, 4) is 0 Å². The van der Waals surface area contributed by atoms with Gasteiger partial charge in [0.2, 0.25) is 0 Å². The van der Waals surface area contributed by atoms with E-state index in [4.69, 9.17) is 5.84 Å². The van der Waals surface area contributed by atoms with E-state index in [0.717, 1.165) is 22.2 Å². The van der Waals surface area contributed by atoms with Crippen LogP contribution in [0.5, 0.6) is 0 Å². The van der Waals surface area contributed by atoms with E-state index in [0.29, 0.717) is 0 Å². The molecule has 0 bridgehead atoms. The Morgan fingerprint density at radius 2 is 2.16 bits per heavy atom. The fourth-order valence-electron chi connectivity index (χ4n) is 2.36. The third kappa shape index (κ3) is 1.99. The average Bonchev–Trinajstić information content (AvgIpc) is 2.86. The van der Waals surface area contributed by atoms with Crippen LogP contribution >= 0.6 is 0 Å². The van der Waals surface area contributed by atoms with E-state index in [1.165, 1.54) is 0 Å². The van der Waals surface area contributed by atoms with Crippen molar-refractivity contribution in [2.75, 3.05) is 0 Å². The monoisotopic (exact) mass is 253 g/mol. The van der Waals surface area contributed by atoms with Crippen LogP contribution in [0.15, 0.2) is 49.1 Å². The third-order valence-electron chi connectivity index (χ3n) is 3.31. The molecule has 0 spiro atoms. The number of hydrogen-bond acceptors (Lipinski definition) is 4. The SMILES string of the molecule is Cn1cncc1C(NN)c1cccc2ncccc12. The smallest absolute Gasteiger partial charge is 0.0946 e. The van der Waals surface area contributed by atoms with Gasteiger partial charge >= 0.3 is 0 Å². The van der Waals surface area contributed by atoms with E-state index in [-0.39, 0.29) is 6.04 Å². The van der Waals surface area contributed by atoms with E-state index in [9.17, 15) is 0 Å². The van der Waals surface area contributed by atoms with Gasteiger partial charge in [-0.15, -0.1) is 0 Å². The molecular formula is C14H15N5. The number of fused-ring (bicyclic) bond motifs is 1. The normalized spacial score (nSPS) is 12.7. The Kier molecular flexibility index (Phi) is 2.98. The second-order valence-corrected chi connectivity index (χ2v) is 4.45. The zero-order valence-electron chi connectivity index (χ0n) is 10.6. The largest absolute Gasteiger partial charge is 0.336 e. The zero-order chi connectivity index (χ0) is 13.2. The van der Waals surface area contributed by atoms with Crippen LogP contribution in [0.25, 0.3) is 10.9 Å². The summed E-state index contributed by atoms with van der Waals surface area (Å²) in [4.78, 5) is 8.52. The van der Waals surface area contributed by atoms with Gasteiger partial charge in [0, 0.05) is 18.6 Å². The standard InChI is InChI=1S/C14H15N5/c1-19-9-16-8-13(19)14(18-15)11-4-2-6-12-10(11)5-3-7-17-12/h2-9,14,18H,15H2,1H3. The molecule has 0 aliphatic heterocycles. The van der Waals surface area contributed by atoms with Crippen molar-refractivity contribution in [2.24, 2.45) is 12.9 Å². The van der Waals surface area contributed by atoms with Gasteiger partial charge in [0.1, 0.15) is 0 Å². The van der Waals surface area contributed by atoms with Crippen molar-refractivity contribution in [2.45, 2.75) is 6.04 Å². The molecule has 96 valence electrons. The number of pyridine rings is 1. The van der Waals surface area contributed by atoms with E-state index >= 15 is 0 Å². The number of nitrogens with two attached hydrogens (primary N) is 1. The maximum Gasteiger partial charge on any atom is 0.0946 e. The van der Waals surface area contributed by atoms with Gasteiger partial charge < -0.3 is 4.57 Å². The van der Waals surface area contributed by atoms with Gasteiger partial charge in [-0.25, -0.2) is 10.4 Å². The fraction of sp³-hybridized carbons (Fsp3) is 0.143. The Bertz CT molecular complexity index is 698. The molecule has 1 atom stereocenters. The molecule has 2 aromatic heterocycles. The molecular weight excluding hydrogens is 238 g/mol. The minimum atomic E-state index is -0.111. The topological polar surface area (TPSA) is 68.8 Å². The first-order chi connectivity index (χ1) is 9.31. The second kappa shape index (κ2) is 4.79. The number of benzene rings is 1. The van der Waals surface area contributed by atoms with Gasteiger partial charge in [0.15, 0.2) is 0 Å². The molecule has 0 fully saturated rings. The number of imidazole rings is 1. The summed E-state index contributed by atoms with van der Waals surface area (Å²) < 4.78 is 1.96. The lowest BCUT2D eigenvalue weighted by molar-refractivity contribution is 0.600. The number of hydrogen-bond donors (Lipinski definition) is 2. The van der Waals surface area contributed by atoms with Crippen LogP contribution in [0.1, 0.15) is 17.3 Å². The van der Waals surface area contributed by atoms with Gasteiger partial charge in [-0.05, 0) is 17.7 Å². The van der Waals surface area contributed by atoms with Crippen molar-refractivity contribution in [3.63, 3.8) is 0 Å². The molecule has 3 rings (SSSR count). The van der Waals surface area contributed by atoms with Crippen molar-refractivity contribution in [1.82, 2.24) is 20.0 Å². The average molecular weight is 253 g/mol. The molecule has 0 aliphatic carbocycles. The van der Waals surface area contributed by atoms with Crippen LogP contribution in [-0.2, 0) is 7.05 Å². The number of aromatic nitrogens is 3. The molecule has 0 saturated heterocycles.